The Labute approximate surface area is 104 Å². The van der Waals surface area contributed by atoms with Crippen LogP contribution in [0.4, 0.5) is 0 Å². The van der Waals surface area contributed by atoms with Crippen molar-refractivity contribution in [2.45, 2.75) is 52.0 Å². The second-order valence-electron chi connectivity index (χ2n) is 5.87. The van der Waals surface area contributed by atoms with Gasteiger partial charge in [0.25, 0.3) is 0 Å². The Hall–Kier alpha value is -0.960. The molecule has 1 aliphatic rings. The SMILES string of the molecule is CNCc1ccnc(C2CCC(C)(C)CC2)n1. The molecule has 0 unspecified atom stereocenters. The molecule has 1 fully saturated rings. The molecule has 1 aromatic rings. The third-order valence-corrected chi connectivity index (χ3v) is 3.79. The average Bonchev–Trinajstić information content (AvgIpc) is 2.30. The Balaban J connectivity index is 2.05. The highest BCUT2D eigenvalue weighted by molar-refractivity contribution is 5.07. The summed E-state index contributed by atoms with van der Waals surface area (Å²) in [5.41, 5.74) is 1.61. The molecule has 94 valence electrons. The normalized spacial score (nSPS) is 20.4. The Kier molecular flexibility index (Phi) is 3.77. The Morgan fingerprint density at radius 3 is 2.71 bits per heavy atom. The summed E-state index contributed by atoms with van der Waals surface area (Å²) in [7, 11) is 1.95. The van der Waals surface area contributed by atoms with E-state index in [2.05, 4.69) is 29.1 Å². The summed E-state index contributed by atoms with van der Waals surface area (Å²) >= 11 is 0. The quantitative estimate of drug-likeness (QED) is 0.872. The van der Waals surface area contributed by atoms with E-state index in [1.807, 2.05) is 19.3 Å². The van der Waals surface area contributed by atoms with Crippen molar-refractivity contribution in [2.24, 2.45) is 5.41 Å². The van der Waals surface area contributed by atoms with Gasteiger partial charge in [-0.1, -0.05) is 13.8 Å². The first-order valence-corrected chi connectivity index (χ1v) is 6.57. The van der Waals surface area contributed by atoms with Crippen LogP contribution in [0, 0.1) is 5.41 Å². The van der Waals surface area contributed by atoms with E-state index in [-0.39, 0.29) is 0 Å². The summed E-state index contributed by atoms with van der Waals surface area (Å²) in [5.74, 6) is 1.62. The summed E-state index contributed by atoms with van der Waals surface area (Å²) in [6, 6.07) is 1.99. The summed E-state index contributed by atoms with van der Waals surface area (Å²) in [5, 5.41) is 3.14. The molecule has 0 bridgehead atoms. The molecular weight excluding hydrogens is 210 g/mol. The molecule has 3 nitrogen and oxygen atoms in total. The third kappa shape index (κ3) is 3.25. The molecule has 0 radical (unpaired) electrons. The van der Waals surface area contributed by atoms with Crippen molar-refractivity contribution in [2.75, 3.05) is 7.05 Å². The van der Waals surface area contributed by atoms with Gasteiger partial charge in [-0.2, -0.15) is 0 Å². The molecule has 0 spiro atoms. The zero-order chi connectivity index (χ0) is 12.3. The van der Waals surface area contributed by atoms with Crippen molar-refractivity contribution < 1.29 is 0 Å². The number of rotatable bonds is 3. The standard InChI is InChI=1S/C14H23N3/c1-14(2)7-4-11(5-8-14)13-16-9-6-12(17-13)10-15-3/h6,9,11,15H,4-5,7-8,10H2,1-3H3. The van der Waals surface area contributed by atoms with Crippen molar-refractivity contribution >= 4 is 0 Å². The topological polar surface area (TPSA) is 37.8 Å². The van der Waals surface area contributed by atoms with E-state index in [1.165, 1.54) is 25.7 Å². The lowest BCUT2D eigenvalue weighted by molar-refractivity contribution is 0.220. The zero-order valence-electron chi connectivity index (χ0n) is 11.2. The first-order valence-electron chi connectivity index (χ1n) is 6.57. The number of aromatic nitrogens is 2. The average molecular weight is 233 g/mol. The predicted octanol–water partition coefficient (Wildman–Crippen LogP) is 2.88. The van der Waals surface area contributed by atoms with Crippen LogP contribution in [0.5, 0.6) is 0 Å². The van der Waals surface area contributed by atoms with Crippen LogP contribution in [0.25, 0.3) is 0 Å². The second-order valence-corrected chi connectivity index (χ2v) is 5.87. The van der Waals surface area contributed by atoms with Crippen LogP contribution in [0.1, 0.15) is 57.0 Å². The lowest BCUT2D eigenvalue weighted by atomic mass is 9.73. The minimum Gasteiger partial charge on any atom is -0.314 e. The monoisotopic (exact) mass is 233 g/mol. The maximum Gasteiger partial charge on any atom is 0.131 e. The van der Waals surface area contributed by atoms with Crippen molar-refractivity contribution in [3.8, 4) is 0 Å². The van der Waals surface area contributed by atoms with Gasteiger partial charge in [0.15, 0.2) is 0 Å². The van der Waals surface area contributed by atoms with Gasteiger partial charge in [0, 0.05) is 18.7 Å². The van der Waals surface area contributed by atoms with Crippen LogP contribution in [0.15, 0.2) is 12.3 Å². The van der Waals surface area contributed by atoms with Gasteiger partial charge in [-0.3, -0.25) is 0 Å². The molecule has 3 heteroatoms. The number of nitrogens with one attached hydrogen (secondary N) is 1. The van der Waals surface area contributed by atoms with Gasteiger partial charge in [0.2, 0.25) is 0 Å². The van der Waals surface area contributed by atoms with E-state index in [4.69, 9.17) is 0 Å². The molecule has 1 aliphatic carbocycles. The second kappa shape index (κ2) is 5.13. The summed E-state index contributed by atoms with van der Waals surface area (Å²) < 4.78 is 0. The highest BCUT2D eigenvalue weighted by Gasteiger charge is 2.28. The molecule has 1 N–H and O–H groups in total. The molecule has 2 rings (SSSR count). The fourth-order valence-electron chi connectivity index (χ4n) is 2.55. The molecule has 0 aromatic carbocycles. The van der Waals surface area contributed by atoms with Crippen molar-refractivity contribution in [3.63, 3.8) is 0 Å². The van der Waals surface area contributed by atoms with Crippen LogP contribution in [-0.4, -0.2) is 17.0 Å². The Bertz CT molecular complexity index is 363. The van der Waals surface area contributed by atoms with Gasteiger partial charge < -0.3 is 5.32 Å². The van der Waals surface area contributed by atoms with Gasteiger partial charge in [-0.05, 0) is 44.2 Å². The molecule has 1 aromatic heterocycles. The van der Waals surface area contributed by atoms with Crippen LogP contribution in [0.2, 0.25) is 0 Å². The molecule has 0 atom stereocenters. The first kappa shape index (κ1) is 12.5. The molecule has 17 heavy (non-hydrogen) atoms. The van der Waals surface area contributed by atoms with Gasteiger partial charge in [-0.15, -0.1) is 0 Å². The third-order valence-electron chi connectivity index (χ3n) is 3.79. The van der Waals surface area contributed by atoms with Crippen LogP contribution in [0.3, 0.4) is 0 Å². The maximum absolute atomic E-state index is 4.66. The van der Waals surface area contributed by atoms with E-state index in [0.717, 1.165) is 18.1 Å². The molecular formula is C14H23N3. The number of hydrogen-bond acceptors (Lipinski definition) is 3. The van der Waals surface area contributed by atoms with E-state index < -0.39 is 0 Å². The van der Waals surface area contributed by atoms with Crippen LogP contribution < -0.4 is 5.32 Å². The fourth-order valence-corrected chi connectivity index (χ4v) is 2.55. The zero-order valence-corrected chi connectivity index (χ0v) is 11.2. The van der Waals surface area contributed by atoms with Crippen molar-refractivity contribution in [3.05, 3.63) is 23.8 Å². The van der Waals surface area contributed by atoms with E-state index >= 15 is 0 Å². The van der Waals surface area contributed by atoms with Gasteiger partial charge >= 0.3 is 0 Å². The van der Waals surface area contributed by atoms with E-state index in [1.54, 1.807) is 0 Å². The van der Waals surface area contributed by atoms with Crippen molar-refractivity contribution in [1.29, 1.82) is 0 Å². The van der Waals surface area contributed by atoms with Crippen molar-refractivity contribution in [1.82, 2.24) is 15.3 Å². The number of nitrogens with zero attached hydrogens (tertiary/aromatic N) is 2. The first-order chi connectivity index (χ1) is 8.11. The summed E-state index contributed by atoms with van der Waals surface area (Å²) in [4.78, 5) is 9.11. The Morgan fingerprint density at radius 2 is 2.06 bits per heavy atom. The molecule has 1 heterocycles. The maximum atomic E-state index is 4.66. The summed E-state index contributed by atoms with van der Waals surface area (Å²) in [6.07, 6.45) is 6.94. The lowest BCUT2D eigenvalue weighted by Crippen LogP contribution is -2.21. The van der Waals surface area contributed by atoms with Crippen LogP contribution in [-0.2, 0) is 6.54 Å². The fraction of sp³-hybridized carbons (Fsp3) is 0.714. The largest absolute Gasteiger partial charge is 0.314 e. The smallest absolute Gasteiger partial charge is 0.131 e. The van der Waals surface area contributed by atoms with E-state index in [0.29, 0.717) is 11.3 Å². The van der Waals surface area contributed by atoms with E-state index in [9.17, 15) is 0 Å². The van der Waals surface area contributed by atoms with Crippen LogP contribution >= 0.6 is 0 Å². The lowest BCUT2D eigenvalue weighted by Gasteiger charge is -2.33. The summed E-state index contributed by atoms with van der Waals surface area (Å²) in [6.45, 7) is 5.55. The highest BCUT2D eigenvalue weighted by atomic mass is 14.9. The molecule has 0 aliphatic heterocycles. The predicted molar refractivity (Wildman–Crippen MR) is 69.8 cm³/mol. The van der Waals surface area contributed by atoms with Gasteiger partial charge in [0.1, 0.15) is 5.82 Å². The molecule has 0 saturated heterocycles. The minimum absolute atomic E-state index is 0.513. The van der Waals surface area contributed by atoms with Gasteiger partial charge in [-0.25, -0.2) is 9.97 Å². The molecule has 1 saturated carbocycles. The highest BCUT2D eigenvalue weighted by Crippen LogP contribution is 2.41. The minimum atomic E-state index is 0.513. The Morgan fingerprint density at radius 1 is 1.35 bits per heavy atom. The molecule has 0 amide bonds. The number of hydrogen-bond donors (Lipinski definition) is 1. The van der Waals surface area contributed by atoms with Gasteiger partial charge in [0.05, 0.1) is 5.69 Å².